The number of Topliss-reactive ketones (excluding diaryl/α,β-unsaturated/α-hetero) is 1. The first-order chi connectivity index (χ1) is 6.49. The van der Waals surface area contributed by atoms with Crippen molar-refractivity contribution in [2.75, 3.05) is 5.73 Å². The second-order valence-corrected chi connectivity index (χ2v) is 3.92. The van der Waals surface area contributed by atoms with Crippen LogP contribution in [0.3, 0.4) is 0 Å². The molecule has 1 heterocycles. The van der Waals surface area contributed by atoms with Gasteiger partial charge in [0.2, 0.25) is 0 Å². The molecule has 76 valence electrons. The molecule has 0 aliphatic rings. The molecule has 0 aromatic carbocycles. The highest BCUT2D eigenvalue weighted by Crippen LogP contribution is 2.31. The van der Waals surface area contributed by atoms with Crippen molar-refractivity contribution >= 4 is 28.1 Å². The number of ketones is 1. The van der Waals surface area contributed by atoms with Crippen molar-refractivity contribution in [1.82, 2.24) is 0 Å². The fraction of sp³-hybridized carbons (Fsp3) is 0.333. The first-order valence-electron chi connectivity index (χ1n) is 4.14. The fourth-order valence-corrected chi connectivity index (χ4v) is 2.39. The lowest BCUT2D eigenvalue weighted by molar-refractivity contribution is 0.0697. The third kappa shape index (κ3) is 1.63. The third-order valence-electron chi connectivity index (χ3n) is 1.92. The minimum Gasteiger partial charge on any atom is -0.478 e. The topological polar surface area (TPSA) is 80.4 Å². The summed E-state index contributed by atoms with van der Waals surface area (Å²) in [4.78, 5) is 22.5. The summed E-state index contributed by atoms with van der Waals surface area (Å²) < 4.78 is 0. The van der Waals surface area contributed by atoms with Gasteiger partial charge in [-0.3, -0.25) is 4.79 Å². The zero-order chi connectivity index (χ0) is 10.9. The number of nitrogens with two attached hydrogens (primary N) is 1. The summed E-state index contributed by atoms with van der Waals surface area (Å²) in [6, 6.07) is 0. The van der Waals surface area contributed by atoms with E-state index in [2.05, 4.69) is 0 Å². The van der Waals surface area contributed by atoms with Crippen molar-refractivity contribution < 1.29 is 14.7 Å². The van der Waals surface area contributed by atoms with Crippen LogP contribution < -0.4 is 5.73 Å². The molecule has 0 atom stereocenters. The van der Waals surface area contributed by atoms with Crippen LogP contribution in [0.25, 0.3) is 0 Å². The van der Waals surface area contributed by atoms with Crippen LogP contribution in [0.2, 0.25) is 0 Å². The highest BCUT2D eigenvalue weighted by atomic mass is 32.1. The molecule has 1 aromatic heterocycles. The van der Waals surface area contributed by atoms with Crippen LogP contribution in [0.4, 0.5) is 5.00 Å². The van der Waals surface area contributed by atoms with E-state index in [1.165, 1.54) is 6.92 Å². The number of carboxylic acid groups (broad SMARTS) is 1. The Bertz CT molecular complexity index is 395. The highest BCUT2D eigenvalue weighted by Gasteiger charge is 2.22. The number of rotatable bonds is 3. The van der Waals surface area contributed by atoms with Crippen LogP contribution in [0, 0.1) is 0 Å². The van der Waals surface area contributed by atoms with E-state index in [9.17, 15) is 9.59 Å². The minimum atomic E-state index is -1.07. The lowest BCUT2D eigenvalue weighted by Crippen LogP contribution is -2.04. The van der Waals surface area contributed by atoms with Crippen molar-refractivity contribution in [3.63, 3.8) is 0 Å². The van der Waals surface area contributed by atoms with Gasteiger partial charge in [0, 0.05) is 0 Å². The first-order valence-corrected chi connectivity index (χ1v) is 4.96. The van der Waals surface area contributed by atoms with Gasteiger partial charge in [0.1, 0.15) is 5.00 Å². The quantitative estimate of drug-likeness (QED) is 0.750. The number of hydrogen-bond donors (Lipinski definition) is 2. The lowest BCUT2D eigenvalue weighted by atomic mass is 10.1. The Morgan fingerprint density at radius 1 is 1.50 bits per heavy atom. The number of carbonyl (C=O) groups is 2. The Morgan fingerprint density at radius 3 is 2.43 bits per heavy atom. The Hall–Kier alpha value is -1.36. The Balaban J connectivity index is 3.43. The first kappa shape index (κ1) is 10.7. The maximum atomic E-state index is 11.2. The molecule has 0 saturated carbocycles. The monoisotopic (exact) mass is 213 g/mol. The van der Waals surface area contributed by atoms with E-state index in [-0.39, 0.29) is 16.3 Å². The molecular weight excluding hydrogens is 202 g/mol. The van der Waals surface area contributed by atoms with Gasteiger partial charge < -0.3 is 10.8 Å². The number of thiophene rings is 1. The van der Waals surface area contributed by atoms with Crippen LogP contribution in [0.15, 0.2) is 0 Å². The van der Waals surface area contributed by atoms with E-state index < -0.39 is 5.97 Å². The molecule has 14 heavy (non-hydrogen) atoms. The molecule has 0 unspecified atom stereocenters. The van der Waals surface area contributed by atoms with Crippen LogP contribution in [-0.4, -0.2) is 16.9 Å². The maximum absolute atomic E-state index is 11.2. The van der Waals surface area contributed by atoms with E-state index >= 15 is 0 Å². The van der Waals surface area contributed by atoms with Gasteiger partial charge in [-0.1, -0.05) is 6.92 Å². The van der Waals surface area contributed by atoms with E-state index in [1.54, 1.807) is 6.92 Å². The second kappa shape index (κ2) is 3.79. The zero-order valence-electron chi connectivity index (χ0n) is 7.96. The summed E-state index contributed by atoms with van der Waals surface area (Å²) in [5.41, 5.74) is 6.18. The van der Waals surface area contributed by atoms with Gasteiger partial charge in [0.05, 0.1) is 10.4 Å². The van der Waals surface area contributed by atoms with Crippen molar-refractivity contribution in [2.24, 2.45) is 0 Å². The molecule has 1 rings (SSSR count). The molecule has 0 radical (unpaired) electrons. The molecule has 0 fully saturated rings. The predicted molar refractivity (Wildman–Crippen MR) is 55.1 cm³/mol. The molecule has 1 aromatic rings. The van der Waals surface area contributed by atoms with Gasteiger partial charge >= 0.3 is 5.97 Å². The molecule has 0 aliphatic carbocycles. The summed E-state index contributed by atoms with van der Waals surface area (Å²) in [5.74, 6) is -1.20. The highest BCUT2D eigenvalue weighted by molar-refractivity contribution is 7.18. The van der Waals surface area contributed by atoms with Crippen molar-refractivity contribution in [3.8, 4) is 0 Å². The van der Waals surface area contributed by atoms with Gasteiger partial charge in [0.15, 0.2) is 5.78 Å². The summed E-state index contributed by atoms with van der Waals surface area (Å²) in [6.07, 6.45) is 0.504. The molecule has 0 saturated heterocycles. The van der Waals surface area contributed by atoms with Crippen molar-refractivity contribution in [2.45, 2.75) is 20.3 Å². The molecule has 0 bridgehead atoms. The average molecular weight is 213 g/mol. The van der Waals surface area contributed by atoms with E-state index in [0.717, 1.165) is 11.3 Å². The smallest absolute Gasteiger partial charge is 0.338 e. The van der Waals surface area contributed by atoms with Crippen molar-refractivity contribution in [1.29, 1.82) is 0 Å². The number of nitrogen functional groups attached to an aromatic ring is 1. The number of aromatic carboxylic acids is 1. The maximum Gasteiger partial charge on any atom is 0.338 e. The van der Waals surface area contributed by atoms with Gasteiger partial charge in [0.25, 0.3) is 0 Å². The zero-order valence-corrected chi connectivity index (χ0v) is 8.77. The van der Waals surface area contributed by atoms with Crippen LogP contribution in [0.1, 0.15) is 39.4 Å². The molecule has 0 aliphatic heterocycles. The van der Waals surface area contributed by atoms with Crippen LogP contribution >= 0.6 is 11.3 Å². The minimum absolute atomic E-state index is 0.0858. The van der Waals surface area contributed by atoms with Crippen LogP contribution in [0.5, 0.6) is 0 Å². The molecule has 5 heteroatoms. The number of anilines is 1. The molecule has 3 N–H and O–H groups in total. The normalized spacial score (nSPS) is 10.1. The van der Waals surface area contributed by atoms with Crippen molar-refractivity contribution in [3.05, 3.63) is 16.0 Å². The Morgan fingerprint density at radius 2 is 2.07 bits per heavy atom. The standard InChI is InChI=1S/C9H11NO3S/c1-3-5-6(9(12)13)8(10)14-7(5)4(2)11/h3,10H2,1-2H3,(H,12,13). The van der Waals surface area contributed by atoms with E-state index in [1.807, 2.05) is 0 Å². The fourth-order valence-electron chi connectivity index (χ4n) is 1.34. The van der Waals surface area contributed by atoms with E-state index in [0.29, 0.717) is 16.9 Å². The van der Waals surface area contributed by atoms with Gasteiger partial charge in [-0.15, -0.1) is 11.3 Å². The van der Waals surface area contributed by atoms with Crippen LogP contribution in [-0.2, 0) is 6.42 Å². The summed E-state index contributed by atoms with van der Waals surface area (Å²) in [7, 11) is 0. The largest absolute Gasteiger partial charge is 0.478 e. The summed E-state index contributed by atoms with van der Waals surface area (Å²) >= 11 is 1.05. The molecular formula is C9H11NO3S. The van der Waals surface area contributed by atoms with Gasteiger partial charge in [-0.2, -0.15) is 0 Å². The molecule has 4 nitrogen and oxygen atoms in total. The number of hydrogen-bond acceptors (Lipinski definition) is 4. The SMILES string of the molecule is CCc1c(C(C)=O)sc(N)c1C(=O)O. The Labute approximate surface area is 85.4 Å². The summed E-state index contributed by atoms with van der Waals surface area (Å²) in [6.45, 7) is 3.22. The molecule has 0 spiro atoms. The third-order valence-corrected chi connectivity index (χ3v) is 3.08. The average Bonchev–Trinajstić information content (AvgIpc) is 2.41. The predicted octanol–water partition coefficient (Wildman–Crippen LogP) is 1.79. The Kier molecular flexibility index (Phi) is 2.90. The van der Waals surface area contributed by atoms with E-state index in [4.69, 9.17) is 10.8 Å². The second-order valence-electron chi connectivity index (χ2n) is 2.86. The number of carboxylic acids is 1. The lowest BCUT2D eigenvalue weighted by Gasteiger charge is -1.98. The van der Waals surface area contributed by atoms with Gasteiger partial charge in [-0.25, -0.2) is 4.79 Å². The van der Waals surface area contributed by atoms with Gasteiger partial charge in [-0.05, 0) is 18.9 Å². The summed E-state index contributed by atoms with van der Waals surface area (Å²) in [5, 5.41) is 9.10. The molecule has 0 amide bonds. The number of carbonyl (C=O) groups excluding carboxylic acids is 1.